The van der Waals surface area contributed by atoms with Crippen molar-refractivity contribution in [1.82, 2.24) is 4.98 Å². The average molecular weight is 317 g/mol. The summed E-state index contributed by atoms with van der Waals surface area (Å²) in [5.41, 5.74) is 11.4. The van der Waals surface area contributed by atoms with Gasteiger partial charge < -0.3 is 10.2 Å². The van der Waals surface area contributed by atoms with Gasteiger partial charge in [-0.25, -0.2) is 4.98 Å². The molecule has 0 fully saturated rings. The smallest absolute Gasteiger partial charge is 0.227 e. The lowest BCUT2D eigenvalue weighted by atomic mass is 10.1. The fourth-order valence-corrected chi connectivity index (χ4v) is 2.54. The first kappa shape index (κ1) is 12.2. The van der Waals surface area contributed by atoms with Gasteiger partial charge in [0.15, 0.2) is 5.58 Å². The van der Waals surface area contributed by atoms with Crippen LogP contribution in [0.3, 0.4) is 0 Å². The second-order valence-corrected chi connectivity index (χ2v) is 5.54. The third kappa shape index (κ3) is 2.12. The zero-order valence-corrected chi connectivity index (χ0v) is 12.3. The van der Waals surface area contributed by atoms with Crippen LogP contribution in [0.4, 0.5) is 5.69 Å². The Bertz CT molecular complexity index is 777. The molecule has 0 aliphatic heterocycles. The van der Waals surface area contributed by atoms with E-state index in [1.165, 1.54) is 5.56 Å². The number of nitrogens with zero attached hydrogens (tertiary/aromatic N) is 1. The molecule has 0 aliphatic carbocycles. The molecule has 0 unspecified atom stereocenters. The van der Waals surface area contributed by atoms with Crippen molar-refractivity contribution in [3.05, 3.63) is 45.9 Å². The summed E-state index contributed by atoms with van der Waals surface area (Å²) in [4.78, 5) is 4.55. The van der Waals surface area contributed by atoms with E-state index in [-0.39, 0.29) is 0 Å². The molecule has 3 aromatic rings. The van der Waals surface area contributed by atoms with Gasteiger partial charge in [-0.05, 0) is 65.2 Å². The monoisotopic (exact) mass is 316 g/mol. The minimum atomic E-state index is 0.615. The second-order valence-electron chi connectivity index (χ2n) is 4.69. The van der Waals surface area contributed by atoms with Crippen molar-refractivity contribution in [2.45, 2.75) is 13.8 Å². The van der Waals surface area contributed by atoms with E-state index < -0.39 is 0 Å². The number of aryl methyl sites for hydroxylation is 2. The lowest BCUT2D eigenvalue weighted by molar-refractivity contribution is 0.617. The number of nitrogen functional groups attached to an aromatic ring is 1. The Morgan fingerprint density at radius 3 is 2.68 bits per heavy atom. The molecule has 0 spiro atoms. The van der Waals surface area contributed by atoms with Crippen LogP contribution in [0.1, 0.15) is 11.1 Å². The van der Waals surface area contributed by atoms with Crippen LogP contribution in [-0.2, 0) is 0 Å². The Labute approximate surface area is 119 Å². The molecule has 1 heterocycles. The normalized spacial score (nSPS) is 11.1. The van der Waals surface area contributed by atoms with E-state index in [9.17, 15) is 0 Å². The van der Waals surface area contributed by atoms with Gasteiger partial charge in [-0.1, -0.05) is 6.07 Å². The Balaban J connectivity index is 2.20. The van der Waals surface area contributed by atoms with Crippen LogP contribution in [0.5, 0.6) is 0 Å². The maximum Gasteiger partial charge on any atom is 0.227 e. The van der Waals surface area contributed by atoms with Crippen molar-refractivity contribution < 1.29 is 4.42 Å². The molecule has 19 heavy (non-hydrogen) atoms. The van der Waals surface area contributed by atoms with Crippen LogP contribution >= 0.6 is 15.9 Å². The number of hydrogen-bond acceptors (Lipinski definition) is 3. The Kier molecular flexibility index (Phi) is 2.82. The van der Waals surface area contributed by atoms with E-state index >= 15 is 0 Å². The first-order chi connectivity index (χ1) is 9.04. The first-order valence-corrected chi connectivity index (χ1v) is 6.77. The van der Waals surface area contributed by atoms with E-state index in [0.29, 0.717) is 11.6 Å². The van der Waals surface area contributed by atoms with Gasteiger partial charge >= 0.3 is 0 Å². The molecule has 2 N–H and O–H groups in total. The van der Waals surface area contributed by atoms with Crippen LogP contribution < -0.4 is 5.73 Å². The van der Waals surface area contributed by atoms with Crippen LogP contribution in [0.15, 0.2) is 39.2 Å². The van der Waals surface area contributed by atoms with Crippen LogP contribution in [0, 0.1) is 13.8 Å². The molecule has 96 valence electrons. The van der Waals surface area contributed by atoms with Crippen LogP contribution in [0.25, 0.3) is 22.6 Å². The third-order valence-corrected chi connectivity index (χ3v) is 3.75. The largest absolute Gasteiger partial charge is 0.436 e. The average Bonchev–Trinajstić information content (AvgIpc) is 2.76. The van der Waals surface area contributed by atoms with E-state index in [4.69, 9.17) is 10.2 Å². The summed E-state index contributed by atoms with van der Waals surface area (Å²) < 4.78 is 6.71. The van der Waals surface area contributed by atoms with Crippen LogP contribution in [0.2, 0.25) is 0 Å². The molecular weight excluding hydrogens is 304 g/mol. The number of halogens is 1. The molecule has 0 atom stereocenters. The summed E-state index contributed by atoms with van der Waals surface area (Å²) >= 11 is 3.42. The Morgan fingerprint density at radius 1 is 1.16 bits per heavy atom. The maximum absolute atomic E-state index is 5.86. The lowest BCUT2D eigenvalue weighted by Crippen LogP contribution is -1.86. The minimum Gasteiger partial charge on any atom is -0.436 e. The van der Waals surface area contributed by atoms with Crippen LogP contribution in [-0.4, -0.2) is 4.98 Å². The quantitative estimate of drug-likeness (QED) is 0.674. The summed E-state index contributed by atoms with van der Waals surface area (Å²) in [6.07, 6.45) is 0. The highest BCUT2D eigenvalue weighted by atomic mass is 79.9. The van der Waals surface area contributed by atoms with Gasteiger partial charge in [0.05, 0.1) is 0 Å². The number of hydrogen-bond donors (Lipinski definition) is 1. The van der Waals surface area contributed by atoms with Gasteiger partial charge in [0.1, 0.15) is 5.52 Å². The molecule has 1 aromatic heterocycles. The van der Waals surface area contributed by atoms with Crippen molar-refractivity contribution in [1.29, 1.82) is 0 Å². The molecule has 3 rings (SSSR count). The predicted molar refractivity (Wildman–Crippen MR) is 81.0 cm³/mol. The van der Waals surface area contributed by atoms with E-state index in [1.54, 1.807) is 0 Å². The van der Waals surface area contributed by atoms with Crippen molar-refractivity contribution in [3.63, 3.8) is 0 Å². The van der Waals surface area contributed by atoms with Gasteiger partial charge in [0.25, 0.3) is 0 Å². The van der Waals surface area contributed by atoms with Gasteiger partial charge in [0.2, 0.25) is 5.89 Å². The number of nitrogens with two attached hydrogens (primary N) is 1. The van der Waals surface area contributed by atoms with Gasteiger partial charge in [-0.3, -0.25) is 0 Å². The fourth-order valence-electron chi connectivity index (χ4n) is 2.16. The minimum absolute atomic E-state index is 0.615. The number of rotatable bonds is 1. The van der Waals surface area contributed by atoms with E-state index in [1.807, 2.05) is 31.2 Å². The summed E-state index contributed by atoms with van der Waals surface area (Å²) in [5, 5.41) is 0. The lowest BCUT2D eigenvalue weighted by Gasteiger charge is -1.99. The zero-order chi connectivity index (χ0) is 13.6. The third-order valence-electron chi connectivity index (χ3n) is 3.07. The molecule has 0 saturated heterocycles. The highest BCUT2D eigenvalue weighted by Crippen LogP contribution is 2.30. The number of fused-ring (bicyclic) bond motifs is 1. The Morgan fingerprint density at radius 2 is 1.95 bits per heavy atom. The highest BCUT2D eigenvalue weighted by molar-refractivity contribution is 9.10. The maximum atomic E-state index is 5.86. The molecule has 0 radical (unpaired) electrons. The molecule has 0 amide bonds. The summed E-state index contributed by atoms with van der Waals surface area (Å²) in [6.45, 7) is 4.09. The van der Waals surface area contributed by atoms with E-state index in [0.717, 1.165) is 26.7 Å². The van der Waals surface area contributed by atoms with Crippen molar-refractivity contribution in [3.8, 4) is 11.5 Å². The molecule has 0 aliphatic rings. The second kappa shape index (κ2) is 4.38. The first-order valence-electron chi connectivity index (χ1n) is 5.98. The SMILES string of the molecule is Cc1cc(C)c2oc(-c3ccc(N)c(Br)c3)nc2c1. The van der Waals surface area contributed by atoms with Crippen molar-refractivity contribution in [2.75, 3.05) is 5.73 Å². The van der Waals surface area contributed by atoms with Crippen molar-refractivity contribution >= 4 is 32.7 Å². The number of benzene rings is 2. The molecule has 2 aromatic carbocycles. The van der Waals surface area contributed by atoms with E-state index in [2.05, 4.69) is 33.9 Å². The molecule has 0 saturated carbocycles. The highest BCUT2D eigenvalue weighted by Gasteiger charge is 2.11. The zero-order valence-electron chi connectivity index (χ0n) is 10.7. The molecule has 4 heteroatoms. The van der Waals surface area contributed by atoms with Gasteiger partial charge in [-0.2, -0.15) is 0 Å². The molecular formula is C15H13BrN2O. The molecule has 0 bridgehead atoms. The number of anilines is 1. The van der Waals surface area contributed by atoms with Gasteiger partial charge in [0, 0.05) is 15.7 Å². The number of oxazole rings is 1. The van der Waals surface area contributed by atoms with Crippen molar-refractivity contribution in [2.24, 2.45) is 0 Å². The topological polar surface area (TPSA) is 52.0 Å². The molecule has 3 nitrogen and oxygen atoms in total. The standard InChI is InChI=1S/C15H13BrN2O/c1-8-5-9(2)14-13(6-8)18-15(19-14)10-3-4-12(17)11(16)7-10/h3-7H,17H2,1-2H3. The predicted octanol–water partition coefficient (Wildman–Crippen LogP) is 4.46. The van der Waals surface area contributed by atoms with Gasteiger partial charge in [-0.15, -0.1) is 0 Å². The summed E-state index contributed by atoms with van der Waals surface area (Å²) in [6, 6.07) is 9.79. The Hall–Kier alpha value is -1.81. The number of aromatic nitrogens is 1. The fraction of sp³-hybridized carbons (Fsp3) is 0.133. The summed E-state index contributed by atoms with van der Waals surface area (Å²) in [5.74, 6) is 0.615. The summed E-state index contributed by atoms with van der Waals surface area (Å²) in [7, 11) is 0.